The first-order valence-electron chi connectivity index (χ1n) is 8.58. The molecule has 0 aromatic carbocycles. The number of pyridine rings is 1. The Bertz CT molecular complexity index is 574. The maximum Gasteiger partial charge on any atom is 0.234 e. The van der Waals surface area contributed by atoms with Crippen molar-refractivity contribution in [3.8, 4) is 0 Å². The Morgan fingerprint density at radius 3 is 2.48 bits per heavy atom. The second kappa shape index (κ2) is 6.79. The Hall–Kier alpha value is -1.75. The summed E-state index contributed by atoms with van der Waals surface area (Å²) in [5.74, 6) is -0.0911. The molecule has 2 amide bonds. The molecule has 3 heterocycles. The molecule has 2 saturated heterocycles. The molecule has 0 aliphatic carbocycles. The number of amides is 2. The standard InChI is InChI=1S/C18H25N3O2/c1-12(2)21-9-7-13(8-10-21)16-5-3-14(11-19-16)15-4-6-17(22)20-18(15)23/h3,5,11-13,15H,4,6-10H2,1-2H3,(H,20,22,23). The van der Waals surface area contributed by atoms with Gasteiger partial charge in [-0.1, -0.05) is 6.07 Å². The molecule has 2 aliphatic heterocycles. The van der Waals surface area contributed by atoms with Gasteiger partial charge >= 0.3 is 0 Å². The second-order valence-electron chi connectivity index (χ2n) is 6.92. The van der Waals surface area contributed by atoms with Crippen LogP contribution in [0.1, 0.15) is 62.6 Å². The molecule has 0 spiro atoms. The van der Waals surface area contributed by atoms with Gasteiger partial charge in [-0.2, -0.15) is 0 Å². The Morgan fingerprint density at radius 2 is 1.91 bits per heavy atom. The molecule has 0 radical (unpaired) electrons. The summed E-state index contributed by atoms with van der Waals surface area (Å²) < 4.78 is 0. The summed E-state index contributed by atoms with van der Waals surface area (Å²) in [6.07, 6.45) is 5.10. The summed E-state index contributed by atoms with van der Waals surface area (Å²) in [6, 6.07) is 4.69. The highest BCUT2D eigenvalue weighted by Gasteiger charge is 2.28. The van der Waals surface area contributed by atoms with E-state index in [1.165, 1.54) is 0 Å². The van der Waals surface area contributed by atoms with Crippen molar-refractivity contribution in [2.45, 2.75) is 57.4 Å². The van der Waals surface area contributed by atoms with Gasteiger partial charge in [-0.15, -0.1) is 0 Å². The largest absolute Gasteiger partial charge is 0.301 e. The number of nitrogens with one attached hydrogen (secondary N) is 1. The van der Waals surface area contributed by atoms with Crippen molar-refractivity contribution < 1.29 is 9.59 Å². The molecule has 0 bridgehead atoms. The number of carbonyl (C=O) groups excluding carboxylic acids is 2. The molecule has 1 aromatic heterocycles. The van der Waals surface area contributed by atoms with Crippen molar-refractivity contribution >= 4 is 11.8 Å². The zero-order chi connectivity index (χ0) is 16.4. The van der Waals surface area contributed by atoms with Gasteiger partial charge in [0.25, 0.3) is 0 Å². The fourth-order valence-corrected chi connectivity index (χ4v) is 3.59. The van der Waals surface area contributed by atoms with Crippen LogP contribution in [-0.2, 0) is 9.59 Å². The highest BCUT2D eigenvalue weighted by atomic mass is 16.2. The first kappa shape index (κ1) is 16.1. The van der Waals surface area contributed by atoms with Crippen LogP contribution >= 0.6 is 0 Å². The minimum absolute atomic E-state index is 0.173. The van der Waals surface area contributed by atoms with Crippen molar-refractivity contribution in [2.24, 2.45) is 0 Å². The molecular weight excluding hydrogens is 290 g/mol. The highest BCUT2D eigenvalue weighted by Crippen LogP contribution is 2.29. The number of nitrogens with zero attached hydrogens (tertiary/aromatic N) is 2. The predicted octanol–water partition coefficient (Wildman–Crippen LogP) is 2.19. The fourth-order valence-electron chi connectivity index (χ4n) is 3.59. The molecule has 23 heavy (non-hydrogen) atoms. The van der Waals surface area contributed by atoms with Crippen LogP contribution in [0.5, 0.6) is 0 Å². The van der Waals surface area contributed by atoms with E-state index in [-0.39, 0.29) is 17.7 Å². The summed E-state index contributed by atoms with van der Waals surface area (Å²) in [6.45, 7) is 6.73. The van der Waals surface area contributed by atoms with Gasteiger partial charge in [-0.05, 0) is 57.8 Å². The Morgan fingerprint density at radius 1 is 1.17 bits per heavy atom. The molecule has 1 unspecified atom stereocenters. The van der Waals surface area contributed by atoms with E-state index in [0.717, 1.165) is 37.2 Å². The summed E-state index contributed by atoms with van der Waals surface area (Å²) in [7, 11) is 0. The van der Waals surface area contributed by atoms with E-state index >= 15 is 0 Å². The van der Waals surface area contributed by atoms with Crippen LogP contribution < -0.4 is 5.32 Å². The molecular formula is C18H25N3O2. The van der Waals surface area contributed by atoms with Crippen LogP contribution in [0, 0.1) is 0 Å². The van der Waals surface area contributed by atoms with Gasteiger partial charge in [0.2, 0.25) is 11.8 Å². The lowest BCUT2D eigenvalue weighted by molar-refractivity contribution is -0.134. The van der Waals surface area contributed by atoms with Crippen molar-refractivity contribution in [2.75, 3.05) is 13.1 Å². The molecule has 124 valence electrons. The lowest BCUT2D eigenvalue weighted by Gasteiger charge is -2.34. The molecule has 2 aliphatic rings. The molecule has 5 heteroatoms. The van der Waals surface area contributed by atoms with E-state index in [9.17, 15) is 9.59 Å². The van der Waals surface area contributed by atoms with Crippen molar-refractivity contribution in [1.29, 1.82) is 0 Å². The maximum atomic E-state index is 11.9. The van der Waals surface area contributed by atoms with E-state index in [0.29, 0.717) is 24.8 Å². The molecule has 2 fully saturated rings. The first-order chi connectivity index (χ1) is 11.0. The second-order valence-corrected chi connectivity index (χ2v) is 6.92. The lowest BCUT2D eigenvalue weighted by atomic mass is 9.89. The fraction of sp³-hybridized carbons (Fsp3) is 0.611. The quantitative estimate of drug-likeness (QED) is 0.869. The Balaban J connectivity index is 1.64. The third kappa shape index (κ3) is 3.61. The molecule has 1 aromatic rings. The third-order valence-electron chi connectivity index (χ3n) is 5.13. The van der Waals surface area contributed by atoms with Gasteiger partial charge < -0.3 is 4.90 Å². The predicted molar refractivity (Wildman–Crippen MR) is 88.0 cm³/mol. The zero-order valence-corrected chi connectivity index (χ0v) is 13.9. The number of imide groups is 1. The van der Waals surface area contributed by atoms with E-state index in [1.807, 2.05) is 12.3 Å². The van der Waals surface area contributed by atoms with Crippen molar-refractivity contribution in [1.82, 2.24) is 15.2 Å². The Kier molecular flexibility index (Phi) is 4.76. The number of aromatic nitrogens is 1. The Labute approximate surface area is 137 Å². The molecule has 5 nitrogen and oxygen atoms in total. The van der Waals surface area contributed by atoms with Crippen LogP contribution in [0.15, 0.2) is 18.3 Å². The van der Waals surface area contributed by atoms with Crippen LogP contribution in [0.4, 0.5) is 0 Å². The van der Waals surface area contributed by atoms with Gasteiger partial charge in [0.1, 0.15) is 0 Å². The molecule has 0 saturated carbocycles. The number of carbonyl (C=O) groups is 2. The average Bonchev–Trinajstić information content (AvgIpc) is 2.55. The number of piperidine rings is 2. The van der Waals surface area contributed by atoms with Gasteiger partial charge in [-0.3, -0.25) is 19.9 Å². The SMILES string of the molecule is CC(C)N1CCC(c2ccc(C3CCC(=O)NC3=O)cn2)CC1. The molecule has 3 rings (SSSR count). The number of likely N-dealkylation sites (tertiary alicyclic amines) is 1. The smallest absolute Gasteiger partial charge is 0.234 e. The van der Waals surface area contributed by atoms with Gasteiger partial charge in [0, 0.05) is 30.3 Å². The van der Waals surface area contributed by atoms with Crippen LogP contribution in [0.25, 0.3) is 0 Å². The van der Waals surface area contributed by atoms with Gasteiger partial charge in [-0.25, -0.2) is 0 Å². The van der Waals surface area contributed by atoms with E-state index in [1.54, 1.807) is 0 Å². The topological polar surface area (TPSA) is 62.3 Å². The van der Waals surface area contributed by atoms with Crippen molar-refractivity contribution in [3.63, 3.8) is 0 Å². The van der Waals surface area contributed by atoms with E-state index in [4.69, 9.17) is 0 Å². The van der Waals surface area contributed by atoms with Crippen molar-refractivity contribution in [3.05, 3.63) is 29.6 Å². The van der Waals surface area contributed by atoms with E-state index < -0.39 is 0 Å². The minimum atomic E-state index is -0.239. The number of hydrogen-bond donors (Lipinski definition) is 1. The average molecular weight is 315 g/mol. The summed E-state index contributed by atoms with van der Waals surface area (Å²) in [4.78, 5) is 30.3. The first-order valence-corrected chi connectivity index (χ1v) is 8.58. The number of hydrogen-bond acceptors (Lipinski definition) is 4. The van der Waals surface area contributed by atoms with Crippen LogP contribution in [-0.4, -0.2) is 40.8 Å². The zero-order valence-electron chi connectivity index (χ0n) is 13.9. The molecule has 1 N–H and O–H groups in total. The molecule has 1 atom stereocenters. The number of rotatable bonds is 3. The van der Waals surface area contributed by atoms with E-state index in [2.05, 4.69) is 35.1 Å². The van der Waals surface area contributed by atoms with Gasteiger partial charge in [0.05, 0.1) is 5.92 Å². The summed E-state index contributed by atoms with van der Waals surface area (Å²) >= 11 is 0. The summed E-state index contributed by atoms with van der Waals surface area (Å²) in [5.41, 5.74) is 2.04. The monoisotopic (exact) mass is 315 g/mol. The normalized spacial score (nSPS) is 24.0. The third-order valence-corrected chi connectivity index (χ3v) is 5.13. The minimum Gasteiger partial charge on any atom is -0.301 e. The van der Waals surface area contributed by atoms with Crippen LogP contribution in [0.2, 0.25) is 0 Å². The summed E-state index contributed by atoms with van der Waals surface area (Å²) in [5, 5.41) is 2.41. The maximum absolute atomic E-state index is 11.9. The van der Waals surface area contributed by atoms with Crippen LogP contribution in [0.3, 0.4) is 0 Å². The highest BCUT2D eigenvalue weighted by molar-refractivity contribution is 6.00. The lowest BCUT2D eigenvalue weighted by Crippen LogP contribution is -2.39. The van der Waals surface area contributed by atoms with Gasteiger partial charge in [0.15, 0.2) is 0 Å².